The number of benzene rings is 1. The summed E-state index contributed by atoms with van der Waals surface area (Å²) in [5.74, 6) is 0. The van der Waals surface area contributed by atoms with Gasteiger partial charge in [-0.25, -0.2) is 0 Å². The highest BCUT2D eigenvalue weighted by atomic mass is 14.5. The molecule has 0 fully saturated rings. The molecule has 0 spiro atoms. The molecule has 0 aromatic heterocycles. The van der Waals surface area contributed by atoms with Crippen molar-refractivity contribution in [2.24, 2.45) is 5.73 Å². The fourth-order valence-electron chi connectivity index (χ4n) is 0.614. The number of hydrogen-bond acceptors (Lipinski definition) is 2. The average Bonchev–Trinajstić information content (AvgIpc) is 2.23. The standard InChI is InChI=1S/C7H9N.C2H3N.C2H6/c8-6-7-4-2-1-3-5-7;1-2-3;1-2/h1-5H,6,8H2;1H3;1-2H3. The monoisotopic (exact) mass is 178 g/mol. The average molecular weight is 178 g/mol. The first-order valence-electron chi connectivity index (χ1n) is 4.40. The molecule has 1 rings (SSSR count). The van der Waals surface area contributed by atoms with Crippen LogP contribution in [0, 0.1) is 11.3 Å². The van der Waals surface area contributed by atoms with Gasteiger partial charge in [0.25, 0.3) is 0 Å². The number of nitriles is 1. The number of nitrogens with two attached hydrogens (primary N) is 1. The van der Waals surface area contributed by atoms with E-state index in [2.05, 4.69) is 0 Å². The van der Waals surface area contributed by atoms with Gasteiger partial charge in [0.1, 0.15) is 0 Å². The summed E-state index contributed by atoms with van der Waals surface area (Å²) in [5.41, 5.74) is 6.54. The lowest BCUT2D eigenvalue weighted by Gasteiger charge is -1.90. The Morgan fingerprint density at radius 3 is 1.85 bits per heavy atom. The second kappa shape index (κ2) is 13.3. The molecule has 1 aromatic rings. The lowest BCUT2D eigenvalue weighted by Crippen LogP contribution is -1.94. The third-order valence-corrected chi connectivity index (χ3v) is 1.08. The van der Waals surface area contributed by atoms with Crippen molar-refractivity contribution in [3.05, 3.63) is 35.9 Å². The van der Waals surface area contributed by atoms with Crippen molar-refractivity contribution >= 4 is 0 Å². The second-order valence-electron chi connectivity index (χ2n) is 1.91. The van der Waals surface area contributed by atoms with Crippen LogP contribution in [-0.4, -0.2) is 0 Å². The van der Waals surface area contributed by atoms with Crippen molar-refractivity contribution in [3.8, 4) is 6.07 Å². The van der Waals surface area contributed by atoms with E-state index in [1.165, 1.54) is 12.5 Å². The smallest absolute Gasteiger partial charge is 0.0587 e. The molecule has 0 unspecified atom stereocenters. The predicted octanol–water partition coefficient (Wildman–Crippen LogP) is 2.70. The summed E-state index contributed by atoms with van der Waals surface area (Å²) in [5, 5.41) is 7.32. The van der Waals surface area contributed by atoms with Gasteiger partial charge in [-0.1, -0.05) is 44.2 Å². The molecule has 0 atom stereocenters. The highest BCUT2D eigenvalue weighted by Crippen LogP contribution is 1.94. The molecule has 2 N–H and O–H groups in total. The zero-order valence-electron chi connectivity index (χ0n) is 8.62. The molecule has 13 heavy (non-hydrogen) atoms. The van der Waals surface area contributed by atoms with Crippen LogP contribution in [0.15, 0.2) is 30.3 Å². The quantitative estimate of drug-likeness (QED) is 0.718. The van der Waals surface area contributed by atoms with E-state index in [0.717, 1.165) is 0 Å². The van der Waals surface area contributed by atoms with Gasteiger partial charge in [0, 0.05) is 13.5 Å². The van der Waals surface area contributed by atoms with Crippen molar-refractivity contribution in [3.63, 3.8) is 0 Å². The molecular weight excluding hydrogens is 160 g/mol. The minimum atomic E-state index is 0.640. The Hall–Kier alpha value is -1.33. The van der Waals surface area contributed by atoms with E-state index in [1.807, 2.05) is 44.2 Å². The minimum Gasteiger partial charge on any atom is -0.326 e. The van der Waals surface area contributed by atoms with E-state index >= 15 is 0 Å². The number of nitrogens with zero attached hydrogens (tertiary/aromatic N) is 1. The van der Waals surface area contributed by atoms with Crippen molar-refractivity contribution in [1.82, 2.24) is 0 Å². The van der Waals surface area contributed by atoms with Gasteiger partial charge in [0.05, 0.1) is 6.07 Å². The molecular formula is C11H18N2. The highest BCUT2D eigenvalue weighted by Gasteiger charge is 1.80. The molecule has 0 aliphatic rings. The third-order valence-electron chi connectivity index (χ3n) is 1.08. The molecule has 0 aliphatic heterocycles. The Kier molecular flexibility index (Phi) is 14.5. The van der Waals surface area contributed by atoms with Crippen LogP contribution in [-0.2, 0) is 6.54 Å². The maximum absolute atomic E-state index is 7.32. The summed E-state index contributed by atoms with van der Waals surface area (Å²) in [6.45, 7) is 6.07. The number of rotatable bonds is 1. The van der Waals surface area contributed by atoms with Gasteiger partial charge in [-0.2, -0.15) is 5.26 Å². The van der Waals surface area contributed by atoms with E-state index in [4.69, 9.17) is 11.0 Å². The van der Waals surface area contributed by atoms with Crippen molar-refractivity contribution < 1.29 is 0 Å². The van der Waals surface area contributed by atoms with Gasteiger partial charge in [-0.05, 0) is 5.56 Å². The molecule has 0 radical (unpaired) electrons. The van der Waals surface area contributed by atoms with Gasteiger partial charge < -0.3 is 5.73 Å². The van der Waals surface area contributed by atoms with Crippen molar-refractivity contribution in [2.45, 2.75) is 27.3 Å². The lowest BCUT2D eigenvalue weighted by atomic mass is 10.2. The fraction of sp³-hybridized carbons (Fsp3) is 0.364. The van der Waals surface area contributed by atoms with Gasteiger partial charge >= 0.3 is 0 Å². The van der Waals surface area contributed by atoms with E-state index in [1.54, 1.807) is 6.07 Å². The molecule has 0 bridgehead atoms. The summed E-state index contributed by atoms with van der Waals surface area (Å²) in [6, 6.07) is 11.7. The Balaban J connectivity index is 0. The maximum Gasteiger partial charge on any atom is 0.0587 e. The van der Waals surface area contributed by atoms with Crippen LogP contribution >= 0.6 is 0 Å². The van der Waals surface area contributed by atoms with Crippen molar-refractivity contribution in [1.29, 1.82) is 5.26 Å². The first-order chi connectivity index (χ1) is 6.35. The van der Waals surface area contributed by atoms with E-state index in [9.17, 15) is 0 Å². The summed E-state index contributed by atoms with van der Waals surface area (Å²) in [7, 11) is 0. The zero-order valence-corrected chi connectivity index (χ0v) is 8.62. The van der Waals surface area contributed by atoms with Crippen LogP contribution in [0.2, 0.25) is 0 Å². The van der Waals surface area contributed by atoms with Gasteiger partial charge in [-0.3, -0.25) is 0 Å². The molecule has 2 heteroatoms. The van der Waals surface area contributed by atoms with Crippen molar-refractivity contribution in [2.75, 3.05) is 0 Å². The first-order valence-corrected chi connectivity index (χ1v) is 4.40. The maximum atomic E-state index is 7.32. The van der Waals surface area contributed by atoms with Gasteiger partial charge in [-0.15, -0.1) is 0 Å². The van der Waals surface area contributed by atoms with E-state index < -0.39 is 0 Å². The molecule has 1 aromatic carbocycles. The predicted molar refractivity (Wildman–Crippen MR) is 57.0 cm³/mol. The lowest BCUT2D eigenvalue weighted by molar-refractivity contribution is 1.07. The molecule has 0 amide bonds. The fourth-order valence-corrected chi connectivity index (χ4v) is 0.614. The molecule has 2 nitrogen and oxygen atoms in total. The van der Waals surface area contributed by atoms with Gasteiger partial charge in [0.15, 0.2) is 0 Å². The van der Waals surface area contributed by atoms with E-state index in [0.29, 0.717) is 6.54 Å². The Morgan fingerprint density at radius 2 is 1.62 bits per heavy atom. The second-order valence-corrected chi connectivity index (χ2v) is 1.91. The Labute approximate surface area is 81.0 Å². The largest absolute Gasteiger partial charge is 0.326 e. The van der Waals surface area contributed by atoms with Crippen LogP contribution in [0.3, 0.4) is 0 Å². The zero-order chi connectivity index (χ0) is 10.5. The molecule has 0 heterocycles. The van der Waals surface area contributed by atoms with E-state index in [-0.39, 0.29) is 0 Å². The summed E-state index contributed by atoms with van der Waals surface area (Å²) < 4.78 is 0. The van der Waals surface area contributed by atoms with Gasteiger partial charge in [0.2, 0.25) is 0 Å². The minimum absolute atomic E-state index is 0.640. The molecule has 0 saturated heterocycles. The first kappa shape index (κ1) is 14.2. The molecule has 0 aliphatic carbocycles. The number of hydrogen-bond donors (Lipinski definition) is 1. The molecule has 72 valence electrons. The Morgan fingerprint density at radius 1 is 1.23 bits per heavy atom. The third kappa shape index (κ3) is 10.7. The van der Waals surface area contributed by atoms with Crippen LogP contribution < -0.4 is 5.73 Å². The summed E-state index contributed by atoms with van der Waals surface area (Å²) >= 11 is 0. The van der Waals surface area contributed by atoms with Crippen LogP contribution in [0.25, 0.3) is 0 Å². The van der Waals surface area contributed by atoms with Crippen LogP contribution in [0.4, 0.5) is 0 Å². The summed E-state index contributed by atoms with van der Waals surface area (Å²) in [4.78, 5) is 0. The SMILES string of the molecule is CC.CC#N.NCc1ccccc1. The Bertz CT molecular complexity index is 211. The van der Waals surface area contributed by atoms with Crippen LogP contribution in [0.1, 0.15) is 26.3 Å². The topological polar surface area (TPSA) is 49.8 Å². The summed E-state index contributed by atoms with van der Waals surface area (Å²) in [6.07, 6.45) is 0. The van der Waals surface area contributed by atoms with Crippen LogP contribution in [0.5, 0.6) is 0 Å². The highest BCUT2D eigenvalue weighted by molar-refractivity contribution is 5.13. The normalized spacial score (nSPS) is 6.69. The molecule has 0 saturated carbocycles.